The normalized spacial score (nSPS) is 24.7. The third-order valence-electron chi connectivity index (χ3n) is 3.72. The molecule has 1 aromatic heterocycles. The highest BCUT2D eigenvalue weighted by atomic mass is 35.5. The molecule has 106 valence electrons. The summed E-state index contributed by atoms with van der Waals surface area (Å²) in [7, 11) is 3.04. The van der Waals surface area contributed by atoms with Crippen molar-refractivity contribution in [1.82, 2.24) is 4.98 Å². The van der Waals surface area contributed by atoms with Crippen molar-refractivity contribution in [2.45, 2.75) is 32.4 Å². The topological polar surface area (TPSA) is 60.5 Å². The molecule has 2 atom stereocenters. The molecule has 0 saturated heterocycles. The van der Waals surface area contributed by atoms with Gasteiger partial charge < -0.3 is 14.8 Å². The van der Waals surface area contributed by atoms with Crippen LogP contribution >= 0.6 is 22.9 Å². The Hall–Kier alpha value is -0.850. The van der Waals surface area contributed by atoms with Gasteiger partial charge in [0.05, 0.1) is 13.2 Å². The lowest BCUT2D eigenvalue weighted by atomic mass is 9.64. The number of aromatic nitrogens is 1. The minimum Gasteiger partial charge on any atom is -0.465 e. The summed E-state index contributed by atoms with van der Waals surface area (Å²) in [5.74, 6) is -0.460. The molecule has 1 aliphatic carbocycles. The molecule has 1 N–H and O–H groups in total. The molecule has 1 heterocycles. The van der Waals surface area contributed by atoms with E-state index in [4.69, 9.17) is 16.3 Å². The van der Waals surface area contributed by atoms with Gasteiger partial charge in [-0.05, 0) is 6.42 Å². The fourth-order valence-electron chi connectivity index (χ4n) is 2.26. The van der Waals surface area contributed by atoms with Crippen LogP contribution in [0.1, 0.15) is 29.9 Å². The number of carbonyl (C=O) groups excluding carboxylic acids is 1. The van der Waals surface area contributed by atoms with E-state index < -0.39 is 5.97 Å². The molecule has 1 aromatic rings. The maximum absolute atomic E-state index is 11.5. The molecular weight excluding hydrogens is 288 g/mol. The molecule has 0 bridgehead atoms. The largest absolute Gasteiger partial charge is 0.465 e. The van der Waals surface area contributed by atoms with Gasteiger partial charge in [-0.1, -0.05) is 36.8 Å². The maximum Gasteiger partial charge on any atom is 0.351 e. The zero-order valence-corrected chi connectivity index (χ0v) is 12.9. The predicted octanol–water partition coefficient (Wildman–Crippen LogP) is 2.81. The molecule has 0 aromatic carbocycles. The fraction of sp³-hybridized carbons (Fsp3) is 0.667. The summed E-state index contributed by atoms with van der Waals surface area (Å²) in [4.78, 5) is 15.9. The zero-order valence-electron chi connectivity index (χ0n) is 11.3. The van der Waals surface area contributed by atoms with Gasteiger partial charge in [0.1, 0.15) is 0 Å². The van der Waals surface area contributed by atoms with Gasteiger partial charge in [0.15, 0.2) is 15.2 Å². The minimum atomic E-state index is -0.460. The average molecular weight is 305 g/mol. The second kappa shape index (κ2) is 5.26. The number of esters is 1. The van der Waals surface area contributed by atoms with Crippen LogP contribution in [0.15, 0.2) is 0 Å². The number of hydrogen-bond acceptors (Lipinski definition) is 6. The molecule has 0 radical (unpaired) electrons. The number of hydrogen-bond donors (Lipinski definition) is 1. The van der Waals surface area contributed by atoms with Crippen molar-refractivity contribution in [1.29, 1.82) is 0 Å². The van der Waals surface area contributed by atoms with E-state index >= 15 is 0 Å². The van der Waals surface area contributed by atoms with E-state index in [0.717, 1.165) is 6.42 Å². The van der Waals surface area contributed by atoms with Crippen molar-refractivity contribution < 1.29 is 14.3 Å². The van der Waals surface area contributed by atoms with Crippen molar-refractivity contribution in [3.63, 3.8) is 0 Å². The van der Waals surface area contributed by atoms with Crippen LogP contribution in [-0.4, -0.2) is 37.3 Å². The van der Waals surface area contributed by atoms with Crippen molar-refractivity contribution in [3.05, 3.63) is 10.0 Å². The van der Waals surface area contributed by atoms with Gasteiger partial charge in [-0.2, -0.15) is 0 Å². The van der Waals surface area contributed by atoms with Gasteiger partial charge >= 0.3 is 5.97 Å². The number of methoxy groups -OCH3 is 2. The first-order valence-electron chi connectivity index (χ1n) is 5.94. The summed E-state index contributed by atoms with van der Waals surface area (Å²) in [5, 5.41) is 4.13. The molecule has 7 heteroatoms. The van der Waals surface area contributed by atoms with Gasteiger partial charge in [0.2, 0.25) is 0 Å². The number of nitrogens with zero attached hydrogens (tertiary/aromatic N) is 1. The van der Waals surface area contributed by atoms with Crippen LogP contribution < -0.4 is 5.32 Å². The van der Waals surface area contributed by atoms with Crippen LogP contribution in [0.3, 0.4) is 0 Å². The van der Waals surface area contributed by atoms with Gasteiger partial charge in [-0.25, -0.2) is 9.78 Å². The highest BCUT2D eigenvalue weighted by Gasteiger charge is 2.48. The fourth-order valence-corrected chi connectivity index (χ4v) is 3.42. The molecule has 1 saturated carbocycles. The van der Waals surface area contributed by atoms with E-state index in [1.165, 1.54) is 18.4 Å². The summed E-state index contributed by atoms with van der Waals surface area (Å²) in [6, 6.07) is 0.255. The quantitative estimate of drug-likeness (QED) is 0.867. The van der Waals surface area contributed by atoms with Crippen LogP contribution in [0.2, 0.25) is 5.15 Å². The number of rotatable bonds is 4. The van der Waals surface area contributed by atoms with E-state index in [9.17, 15) is 4.79 Å². The lowest BCUT2D eigenvalue weighted by Gasteiger charge is -2.51. The van der Waals surface area contributed by atoms with Crippen molar-refractivity contribution in [3.8, 4) is 0 Å². The molecule has 5 nitrogen and oxygen atoms in total. The Morgan fingerprint density at radius 2 is 2.21 bits per heavy atom. The minimum absolute atomic E-state index is 0.0261. The summed E-state index contributed by atoms with van der Waals surface area (Å²) in [6.45, 7) is 4.28. The van der Waals surface area contributed by atoms with E-state index in [-0.39, 0.29) is 22.7 Å². The number of nitrogens with one attached hydrogen (secondary N) is 1. The smallest absolute Gasteiger partial charge is 0.351 e. The summed E-state index contributed by atoms with van der Waals surface area (Å²) in [6.07, 6.45) is 1.15. The van der Waals surface area contributed by atoms with E-state index in [2.05, 4.69) is 28.9 Å². The lowest BCUT2D eigenvalue weighted by molar-refractivity contribution is -0.0794. The summed E-state index contributed by atoms with van der Waals surface area (Å²) >= 11 is 7.13. The van der Waals surface area contributed by atoms with Gasteiger partial charge in [0, 0.05) is 18.6 Å². The third kappa shape index (κ3) is 2.57. The highest BCUT2D eigenvalue weighted by Crippen LogP contribution is 2.44. The number of thiazole rings is 1. The molecule has 19 heavy (non-hydrogen) atoms. The molecule has 2 rings (SSSR count). The molecule has 1 fully saturated rings. The van der Waals surface area contributed by atoms with Crippen LogP contribution in [0.4, 0.5) is 5.13 Å². The van der Waals surface area contributed by atoms with Crippen LogP contribution in [0.5, 0.6) is 0 Å². The molecule has 1 aliphatic rings. The van der Waals surface area contributed by atoms with Crippen molar-refractivity contribution in [2.75, 3.05) is 19.5 Å². The Kier molecular flexibility index (Phi) is 4.03. The Balaban J connectivity index is 2.07. The van der Waals surface area contributed by atoms with Crippen molar-refractivity contribution >= 4 is 34.0 Å². The van der Waals surface area contributed by atoms with Crippen molar-refractivity contribution in [2.24, 2.45) is 5.41 Å². The predicted molar refractivity (Wildman–Crippen MR) is 75.1 cm³/mol. The van der Waals surface area contributed by atoms with Gasteiger partial charge in [0.25, 0.3) is 0 Å². The monoisotopic (exact) mass is 304 g/mol. The first-order chi connectivity index (χ1) is 8.90. The first kappa shape index (κ1) is 14.6. The number of ether oxygens (including phenoxy) is 2. The Bertz CT molecular complexity index is 489. The van der Waals surface area contributed by atoms with Crippen LogP contribution in [0, 0.1) is 5.41 Å². The first-order valence-corrected chi connectivity index (χ1v) is 7.13. The highest BCUT2D eigenvalue weighted by molar-refractivity contribution is 7.18. The third-order valence-corrected chi connectivity index (χ3v) is 5.07. The Labute approximate surface area is 121 Å². The molecule has 2 unspecified atom stereocenters. The summed E-state index contributed by atoms with van der Waals surface area (Å²) in [5.41, 5.74) is 0.0261. The van der Waals surface area contributed by atoms with Gasteiger partial charge in [-0.15, -0.1) is 0 Å². The average Bonchev–Trinajstić information content (AvgIpc) is 2.74. The van der Waals surface area contributed by atoms with Crippen LogP contribution in [-0.2, 0) is 9.47 Å². The second-order valence-corrected chi connectivity index (χ2v) is 6.47. The summed E-state index contributed by atoms with van der Waals surface area (Å²) < 4.78 is 10.0. The molecule has 0 amide bonds. The van der Waals surface area contributed by atoms with E-state index in [0.29, 0.717) is 10.0 Å². The van der Waals surface area contributed by atoms with Crippen LogP contribution in [0.25, 0.3) is 0 Å². The molecular formula is C12H17ClN2O3S. The number of anilines is 1. The standard InChI is InChI=1S/C12H17ClN2O3S/c1-12(2)6(5-7(12)17-3)14-11-15-9(13)8(19-11)10(16)18-4/h6-7H,5H2,1-4H3,(H,14,15). The Morgan fingerprint density at radius 1 is 1.53 bits per heavy atom. The van der Waals surface area contributed by atoms with Gasteiger partial charge in [-0.3, -0.25) is 0 Å². The number of carbonyl (C=O) groups is 1. The zero-order chi connectivity index (χ0) is 14.2. The van der Waals surface area contributed by atoms with E-state index in [1.54, 1.807) is 7.11 Å². The Morgan fingerprint density at radius 3 is 2.74 bits per heavy atom. The van der Waals surface area contributed by atoms with E-state index in [1.807, 2.05) is 0 Å². The molecule has 0 spiro atoms. The second-order valence-electron chi connectivity index (χ2n) is 5.11. The maximum atomic E-state index is 11.5. The SMILES string of the molecule is COC(=O)c1sc(NC2CC(OC)C2(C)C)nc1Cl. The molecule has 0 aliphatic heterocycles. The lowest BCUT2D eigenvalue weighted by Crippen LogP contribution is -2.57. The number of halogens is 1.